The summed E-state index contributed by atoms with van der Waals surface area (Å²) in [5.41, 5.74) is 6.22. The lowest BCUT2D eigenvalue weighted by atomic mass is 10.3. The highest BCUT2D eigenvalue weighted by Crippen LogP contribution is 2.32. The van der Waals surface area contributed by atoms with E-state index in [0.717, 1.165) is 5.69 Å². The third-order valence-corrected chi connectivity index (χ3v) is 1.80. The van der Waals surface area contributed by atoms with Crippen molar-refractivity contribution in [2.24, 2.45) is 10.7 Å². The Morgan fingerprint density at radius 1 is 1.50 bits per heavy atom. The second-order valence-corrected chi connectivity index (χ2v) is 2.94. The molecule has 2 N–H and O–H groups in total. The third kappa shape index (κ3) is 1.23. The molecule has 1 aliphatic heterocycles. The summed E-state index contributed by atoms with van der Waals surface area (Å²) in [6.45, 7) is 0.341. The number of nitrogens with two attached hydrogens (primary N) is 1. The van der Waals surface area contributed by atoms with Crippen molar-refractivity contribution >= 4 is 23.1 Å². The molecule has 2 rings (SSSR count). The molecule has 0 spiro atoms. The number of nitrogens with zero attached hydrogens (tertiary/aromatic N) is 1. The lowest BCUT2D eigenvalue weighted by molar-refractivity contribution is 0.371. The summed E-state index contributed by atoms with van der Waals surface area (Å²) in [4.78, 5) is 4.10. The minimum absolute atomic E-state index is 0.341. The molecule has 1 aromatic carbocycles. The predicted octanol–water partition coefficient (Wildman–Crippen LogP) is 1.72. The van der Waals surface area contributed by atoms with E-state index in [2.05, 4.69) is 4.99 Å². The maximum Gasteiger partial charge on any atom is 0.147 e. The van der Waals surface area contributed by atoms with Gasteiger partial charge >= 0.3 is 0 Å². The topological polar surface area (TPSA) is 47.6 Å². The summed E-state index contributed by atoms with van der Waals surface area (Å²) in [7, 11) is 0. The van der Waals surface area contributed by atoms with Crippen molar-refractivity contribution in [2.45, 2.75) is 0 Å². The fraction of sp³-hybridized carbons (Fsp3) is 0.125. The van der Waals surface area contributed by atoms with E-state index in [1.165, 1.54) is 0 Å². The molecule has 0 amide bonds. The van der Waals surface area contributed by atoms with E-state index >= 15 is 0 Å². The van der Waals surface area contributed by atoms with Crippen LogP contribution in [0.1, 0.15) is 0 Å². The zero-order valence-electron chi connectivity index (χ0n) is 6.25. The molecule has 0 atom stereocenters. The Morgan fingerprint density at radius 3 is 3.17 bits per heavy atom. The molecule has 3 nitrogen and oxygen atoms in total. The summed E-state index contributed by atoms with van der Waals surface area (Å²) < 4.78 is 5.28. The van der Waals surface area contributed by atoms with Gasteiger partial charge in [0.1, 0.15) is 23.9 Å². The summed E-state index contributed by atoms with van der Waals surface area (Å²) in [6, 6.07) is 5.27. The van der Waals surface area contributed by atoms with Gasteiger partial charge in [0.15, 0.2) is 0 Å². The molecule has 0 unspecified atom stereocenters. The molecular weight excluding hydrogens is 176 g/mol. The van der Waals surface area contributed by atoms with Crippen LogP contribution >= 0.6 is 11.6 Å². The first-order chi connectivity index (χ1) is 5.75. The SMILES string of the molecule is NC1=Nc2ccc(Cl)cc2OC1. The van der Waals surface area contributed by atoms with Crippen LogP contribution < -0.4 is 10.5 Å². The molecule has 1 heterocycles. The van der Waals surface area contributed by atoms with Gasteiger partial charge in [-0.15, -0.1) is 0 Å². The first kappa shape index (κ1) is 7.43. The molecule has 0 radical (unpaired) electrons. The average molecular weight is 183 g/mol. The van der Waals surface area contributed by atoms with Crippen LogP contribution in [0.4, 0.5) is 5.69 Å². The molecular formula is C8H7ClN2O. The van der Waals surface area contributed by atoms with E-state index < -0.39 is 0 Å². The Bertz CT molecular complexity index is 349. The number of benzene rings is 1. The van der Waals surface area contributed by atoms with Gasteiger partial charge in [0.05, 0.1) is 0 Å². The van der Waals surface area contributed by atoms with Gasteiger partial charge in [-0.05, 0) is 12.1 Å². The summed E-state index contributed by atoms with van der Waals surface area (Å²) in [6.07, 6.45) is 0. The van der Waals surface area contributed by atoms with Crippen molar-refractivity contribution in [1.29, 1.82) is 0 Å². The zero-order chi connectivity index (χ0) is 8.55. The van der Waals surface area contributed by atoms with Crippen LogP contribution in [-0.2, 0) is 0 Å². The molecule has 0 saturated heterocycles. The predicted molar refractivity (Wildman–Crippen MR) is 48.2 cm³/mol. The minimum atomic E-state index is 0.341. The number of rotatable bonds is 0. The Hall–Kier alpha value is -1.22. The number of fused-ring (bicyclic) bond motifs is 1. The summed E-state index contributed by atoms with van der Waals surface area (Å²) in [5.74, 6) is 1.18. The highest BCUT2D eigenvalue weighted by atomic mass is 35.5. The maximum atomic E-state index is 5.75. The molecule has 0 aliphatic carbocycles. The molecule has 1 aromatic rings. The van der Waals surface area contributed by atoms with Gasteiger partial charge in [0.25, 0.3) is 0 Å². The first-order valence-corrected chi connectivity index (χ1v) is 3.89. The first-order valence-electron chi connectivity index (χ1n) is 3.51. The van der Waals surface area contributed by atoms with E-state index in [4.69, 9.17) is 22.1 Å². The molecule has 0 aromatic heterocycles. The number of ether oxygens (including phenoxy) is 1. The monoisotopic (exact) mass is 182 g/mol. The van der Waals surface area contributed by atoms with Crippen molar-refractivity contribution in [2.75, 3.05) is 6.61 Å². The number of aliphatic imine (C=N–C) groups is 1. The normalized spacial score (nSPS) is 14.6. The van der Waals surface area contributed by atoms with Gasteiger partial charge in [-0.1, -0.05) is 11.6 Å². The van der Waals surface area contributed by atoms with Crippen LogP contribution in [0.3, 0.4) is 0 Å². The molecule has 0 bridgehead atoms. The Kier molecular flexibility index (Phi) is 1.66. The number of amidine groups is 1. The van der Waals surface area contributed by atoms with Crippen molar-refractivity contribution in [1.82, 2.24) is 0 Å². The van der Waals surface area contributed by atoms with Crippen LogP contribution in [-0.4, -0.2) is 12.4 Å². The highest BCUT2D eigenvalue weighted by molar-refractivity contribution is 6.30. The number of hydrogen-bond acceptors (Lipinski definition) is 3. The number of hydrogen-bond donors (Lipinski definition) is 1. The lowest BCUT2D eigenvalue weighted by Gasteiger charge is -2.13. The van der Waals surface area contributed by atoms with E-state index in [1.807, 2.05) is 0 Å². The molecule has 1 aliphatic rings. The van der Waals surface area contributed by atoms with Gasteiger partial charge in [0.2, 0.25) is 0 Å². The van der Waals surface area contributed by atoms with Crippen LogP contribution in [0.15, 0.2) is 23.2 Å². The fourth-order valence-corrected chi connectivity index (χ4v) is 1.20. The Morgan fingerprint density at radius 2 is 2.33 bits per heavy atom. The van der Waals surface area contributed by atoms with Crippen molar-refractivity contribution in [3.63, 3.8) is 0 Å². The molecule has 0 fully saturated rings. The van der Waals surface area contributed by atoms with E-state index in [0.29, 0.717) is 23.2 Å². The van der Waals surface area contributed by atoms with Crippen LogP contribution in [0.2, 0.25) is 5.02 Å². The van der Waals surface area contributed by atoms with Gasteiger partial charge in [-0.2, -0.15) is 0 Å². The summed E-state index contributed by atoms with van der Waals surface area (Å²) in [5, 5.41) is 0.643. The van der Waals surface area contributed by atoms with Crippen LogP contribution in [0, 0.1) is 0 Å². The quantitative estimate of drug-likeness (QED) is 0.664. The Labute approximate surface area is 74.8 Å². The second kappa shape index (κ2) is 2.68. The van der Waals surface area contributed by atoms with E-state index in [-0.39, 0.29) is 0 Å². The van der Waals surface area contributed by atoms with Crippen molar-refractivity contribution < 1.29 is 4.74 Å². The second-order valence-electron chi connectivity index (χ2n) is 2.50. The van der Waals surface area contributed by atoms with Crippen LogP contribution in [0.25, 0.3) is 0 Å². The van der Waals surface area contributed by atoms with Gasteiger partial charge < -0.3 is 10.5 Å². The standard InChI is InChI=1S/C8H7ClN2O/c9-5-1-2-6-7(3-5)12-4-8(10)11-6/h1-3H,4H2,(H2,10,11). The number of halogens is 1. The van der Waals surface area contributed by atoms with Crippen molar-refractivity contribution in [3.05, 3.63) is 23.2 Å². The van der Waals surface area contributed by atoms with Gasteiger partial charge in [0, 0.05) is 11.1 Å². The average Bonchev–Trinajstić information content (AvgIpc) is 2.05. The lowest BCUT2D eigenvalue weighted by Crippen LogP contribution is -2.23. The fourth-order valence-electron chi connectivity index (χ4n) is 1.03. The molecule has 12 heavy (non-hydrogen) atoms. The molecule has 0 saturated carbocycles. The van der Waals surface area contributed by atoms with E-state index in [9.17, 15) is 0 Å². The van der Waals surface area contributed by atoms with Crippen LogP contribution in [0.5, 0.6) is 5.75 Å². The van der Waals surface area contributed by atoms with Crippen molar-refractivity contribution in [3.8, 4) is 5.75 Å². The van der Waals surface area contributed by atoms with Gasteiger partial charge in [-0.3, -0.25) is 0 Å². The van der Waals surface area contributed by atoms with Gasteiger partial charge in [-0.25, -0.2) is 4.99 Å². The Balaban J connectivity index is 2.51. The van der Waals surface area contributed by atoms with E-state index in [1.54, 1.807) is 18.2 Å². The molecule has 4 heteroatoms. The largest absolute Gasteiger partial charge is 0.483 e. The highest BCUT2D eigenvalue weighted by Gasteiger charge is 2.10. The zero-order valence-corrected chi connectivity index (χ0v) is 7.01. The minimum Gasteiger partial charge on any atom is -0.483 e. The third-order valence-electron chi connectivity index (χ3n) is 1.56. The smallest absolute Gasteiger partial charge is 0.147 e. The molecule has 62 valence electrons. The summed E-state index contributed by atoms with van der Waals surface area (Å²) >= 11 is 5.75. The maximum absolute atomic E-state index is 5.75.